The van der Waals surface area contributed by atoms with Crippen LogP contribution in [0.2, 0.25) is 0 Å². The first-order chi connectivity index (χ1) is 10.5. The molecule has 0 radical (unpaired) electrons. The summed E-state index contributed by atoms with van der Waals surface area (Å²) in [7, 11) is 0. The highest BCUT2D eigenvalue weighted by Gasteiger charge is 2.53. The molecule has 7 heteroatoms. The number of fused-ring (bicyclic) bond motifs is 2. The van der Waals surface area contributed by atoms with Crippen molar-refractivity contribution >= 4 is 23.5 Å². The van der Waals surface area contributed by atoms with E-state index in [0.717, 1.165) is 0 Å². The molecule has 1 aromatic carbocycles. The summed E-state index contributed by atoms with van der Waals surface area (Å²) < 4.78 is 5.43. The number of amides is 1. The number of hydrogen-bond acceptors (Lipinski definition) is 4. The van der Waals surface area contributed by atoms with Gasteiger partial charge in [-0.1, -0.05) is 24.3 Å². The van der Waals surface area contributed by atoms with Gasteiger partial charge >= 0.3 is 11.9 Å². The number of aromatic carboxylic acids is 1. The molecule has 2 aliphatic rings. The molecule has 7 nitrogen and oxygen atoms in total. The molecule has 3 N–H and O–H groups in total. The molecule has 3 rings (SSSR count). The van der Waals surface area contributed by atoms with Crippen molar-refractivity contribution in [3.8, 4) is 0 Å². The smallest absolute Gasteiger partial charge is 0.337 e. The van der Waals surface area contributed by atoms with E-state index in [1.54, 1.807) is 24.3 Å². The number of nitrogens with one attached hydrogen (secondary N) is 1. The van der Waals surface area contributed by atoms with Crippen LogP contribution in [0.5, 0.6) is 0 Å². The lowest BCUT2D eigenvalue weighted by Crippen LogP contribution is -2.39. The fourth-order valence-corrected chi connectivity index (χ4v) is 2.91. The summed E-state index contributed by atoms with van der Waals surface area (Å²) in [5, 5.41) is 20.9. The van der Waals surface area contributed by atoms with Crippen molar-refractivity contribution < 1.29 is 29.3 Å². The fourth-order valence-electron chi connectivity index (χ4n) is 2.91. The molecular formula is C15H13NO6. The van der Waals surface area contributed by atoms with E-state index in [1.807, 2.05) is 0 Å². The van der Waals surface area contributed by atoms with E-state index in [1.165, 1.54) is 12.1 Å². The SMILES string of the molecule is O=C(O)c1ccccc1NC(=O)[C@H]1[C@H](C(=O)O)[C@H]2C=C[C@H]1O2. The van der Waals surface area contributed by atoms with Gasteiger partial charge in [0.05, 0.1) is 29.4 Å². The van der Waals surface area contributed by atoms with E-state index < -0.39 is 41.9 Å². The standard InChI is InChI=1S/C15H13NO6/c17-13(16-8-4-2-1-3-7(8)14(18)19)11-9-5-6-10(22-9)12(11)15(20)21/h1-6,9-12H,(H,16,17)(H,18,19)(H,20,21)/t9-,10-,11-,12-/m1/s1. The summed E-state index contributed by atoms with van der Waals surface area (Å²) in [6.45, 7) is 0. The van der Waals surface area contributed by atoms with Gasteiger partial charge in [0, 0.05) is 0 Å². The van der Waals surface area contributed by atoms with Gasteiger partial charge in [-0.3, -0.25) is 9.59 Å². The Hall–Kier alpha value is -2.67. The average molecular weight is 303 g/mol. The van der Waals surface area contributed by atoms with Crippen LogP contribution in [-0.2, 0) is 14.3 Å². The molecule has 22 heavy (non-hydrogen) atoms. The highest BCUT2D eigenvalue weighted by molar-refractivity contribution is 6.02. The zero-order chi connectivity index (χ0) is 15.9. The molecule has 0 aliphatic carbocycles. The van der Waals surface area contributed by atoms with E-state index >= 15 is 0 Å². The Morgan fingerprint density at radius 3 is 2.27 bits per heavy atom. The van der Waals surface area contributed by atoms with Gasteiger partial charge < -0.3 is 20.3 Å². The second kappa shape index (κ2) is 5.27. The number of ether oxygens (including phenoxy) is 1. The number of carbonyl (C=O) groups is 3. The van der Waals surface area contributed by atoms with Crippen LogP contribution in [0.3, 0.4) is 0 Å². The zero-order valence-corrected chi connectivity index (χ0v) is 11.3. The van der Waals surface area contributed by atoms with E-state index in [4.69, 9.17) is 9.84 Å². The fraction of sp³-hybridized carbons (Fsp3) is 0.267. The maximum atomic E-state index is 12.4. The van der Waals surface area contributed by atoms with Crippen LogP contribution in [0.15, 0.2) is 36.4 Å². The number of hydrogen-bond donors (Lipinski definition) is 3. The summed E-state index contributed by atoms with van der Waals surface area (Å²) in [5.41, 5.74) is 0.0817. The molecule has 2 heterocycles. The van der Waals surface area contributed by atoms with Crippen LogP contribution < -0.4 is 5.32 Å². The molecule has 0 saturated carbocycles. The van der Waals surface area contributed by atoms with Gasteiger partial charge in [-0.05, 0) is 12.1 Å². The second-order valence-corrected chi connectivity index (χ2v) is 5.18. The zero-order valence-electron chi connectivity index (χ0n) is 11.3. The summed E-state index contributed by atoms with van der Waals surface area (Å²) in [5.74, 6) is -4.68. The van der Waals surface area contributed by atoms with Crippen molar-refractivity contribution in [1.82, 2.24) is 0 Å². The minimum atomic E-state index is -1.17. The van der Waals surface area contributed by atoms with Gasteiger partial charge in [0.2, 0.25) is 5.91 Å². The monoisotopic (exact) mass is 303 g/mol. The third-order valence-corrected chi connectivity index (χ3v) is 3.90. The molecule has 1 fully saturated rings. The van der Waals surface area contributed by atoms with Crippen molar-refractivity contribution in [2.45, 2.75) is 12.2 Å². The average Bonchev–Trinajstić information content (AvgIpc) is 3.08. The maximum Gasteiger partial charge on any atom is 0.337 e. The first-order valence-corrected chi connectivity index (χ1v) is 6.69. The van der Waals surface area contributed by atoms with E-state index in [2.05, 4.69) is 5.32 Å². The molecular weight excluding hydrogens is 290 g/mol. The van der Waals surface area contributed by atoms with Gasteiger partial charge in [0.15, 0.2) is 0 Å². The number of aliphatic carboxylic acids is 1. The Kier molecular flexibility index (Phi) is 3.42. The van der Waals surface area contributed by atoms with Crippen molar-refractivity contribution in [3.63, 3.8) is 0 Å². The van der Waals surface area contributed by atoms with Crippen molar-refractivity contribution in [2.75, 3.05) is 5.32 Å². The molecule has 0 spiro atoms. The summed E-state index contributed by atoms with van der Waals surface area (Å²) in [4.78, 5) is 34.9. The van der Waals surface area contributed by atoms with Gasteiger partial charge in [0.1, 0.15) is 5.92 Å². The van der Waals surface area contributed by atoms with Crippen molar-refractivity contribution in [1.29, 1.82) is 0 Å². The van der Waals surface area contributed by atoms with E-state index in [-0.39, 0.29) is 11.3 Å². The Morgan fingerprint density at radius 2 is 1.64 bits per heavy atom. The molecule has 0 aromatic heterocycles. The number of carboxylic acids is 2. The normalized spacial score (nSPS) is 28.5. The van der Waals surface area contributed by atoms with E-state index in [0.29, 0.717) is 0 Å². The highest BCUT2D eigenvalue weighted by Crippen LogP contribution is 2.40. The van der Waals surface area contributed by atoms with Crippen LogP contribution in [0.25, 0.3) is 0 Å². The van der Waals surface area contributed by atoms with Crippen molar-refractivity contribution in [2.24, 2.45) is 11.8 Å². The molecule has 2 aliphatic heterocycles. The number of carboxylic acid groups (broad SMARTS) is 2. The maximum absolute atomic E-state index is 12.4. The lowest BCUT2D eigenvalue weighted by atomic mass is 9.82. The summed E-state index contributed by atoms with van der Waals surface area (Å²) in [6, 6.07) is 5.96. The molecule has 1 amide bonds. The summed E-state index contributed by atoms with van der Waals surface area (Å²) >= 11 is 0. The largest absolute Gasteiger partial charge is 0.481 e. The summed E-state index contributed by atoms with van der Waals surface area (Å²) in [6.07, 6.45) is 2.09. The highest BCUT2D eigenvalue weighted by atomic mass is 16.5. The Bertz CT molecular complexity index is 682. The van der Waals surface area contributed by atoms with Crippen LogP contribution in [0.4, 0.5) is 5.69 Å². The Balaban J connectivity index is 1.85. The molecule has 4 atom stereocenters. The minimum Gasteiger partial charge on any atom is -0.481 e. The number of benzene rings is 1. The molecule has 1 saturated heterocycles. The first-order valence-electron chi connectivity index (χ1n) is 6.69. The predicted molar refractivity (Wildman–Crippen MR) is 74.4 cm³/mol. The molecule has 2 bridgehead atoms. The quantitative estimate of drug-likeness (QED) is 0.715. The van der Waals surface area contributed by atoms with Gasteiger partial charge in [-0.25, -0.2) is 4.79 Å². The number of carbonyl (C=O) groups excluding carboxylic acids is 1. The topological polar surface area (TPSA) is 113 Å². The lowest BCUT2D eigenvalue weighted by Gasteiger charge is -2.21. The minimum absolute atomic E-state index is 0.0534. The number of rotatable bonds is 4. The second-order valence-electron chi connectivity index (χ2n) is 5.18. The van der Waals surface area contributed by atoms with Crippen LogP contribution in [0, 0.1) is 11.8 Å². The van der Waals surface area contributed by atoms with Crippen LogP contribution in [0.1, 0.15) is 10.4 Å². The van der Waals surface area contributed by atoms with Gasteiger partial charge in [-0.15, -0.1) is 0 Å². The molecule has 1 aromatic rings. The predicted octanol–water partition coefficient (Wildman–Crippen LogP) is 0.977. The third kappa shape index (κ3) is 2.25. The van der Waals surface area contributed by atoms with Crippen LogP contribution >= 0.6 is 0 Å². The van der Waals surface area contributed by atoms with Crippen molar-refractivity contribution in [3.05, 3.63) is 42.0 Å². The molecule has 114 valence electrons. The Morgan fingerprint density at radius 1 is 1.00 bits per heavy atom. The van der Waals surface area contributed by atoms with Gasteiger partial charge in [0.25, 0.3) is 0 Å². The van der Waals surface area contributed by atoms with E-state index in [9.17, 15) is 19.5 Å². The Labute approximate surface area is 125 Å². The first kappa shape index (κ1) is 14.3. The lowest BCUT2D eigenvalue weighted by molar-refractivity contribution is -0.145. The van der Waals surface area contributed by atoms with Crippen LogP contribution in [-0.4, -0.2) is 40.3 Å². The van der Waals surface area contributed by atoms with Gasteiger partial charge in [-0.2, -0.15) is 0 Å². The number of anilines is 1. The molecule has 0 unspecified atom stereocenters. The number of para-hydroxylation sites is 1. The third-order valence-electron chi connectivity index (χ3n) is 3.90.